The Balaban J connectivity index is 1.77. The van der Waals surface area contributed by atoms with Crippen molar-refractivity contribution in [1.82, 2.24) is 0 Å². The van der Waals surface area contributed by atoms with Gasteiger partial charge in [0, 0.05) is 11.1 Å². The van der Waals surface area contributed by atoms with Gasteiger partial charge in [0.05, 0.1) is 17.7 Å². The number of benzene rings is 2. The number of rotatable bonds is 3. The molecule has 2 aromatic rings. The molecule has 31 heavy (non-hydrogen) atoms. The molecule has 0 spiro atoms. The molecule has 0 radical (unpaired) electrons. The fourth-order valence-electron chi connectivity index (χ4n) is 3.86. The number of phenolic OH excluding ortho intramolecular Hbond substituents is 2. The summed E-state index contributed by atoms with van der Waals surface area (Å²) in [5, 5.41) is 60.2. The number of aryl methyl sites for hydroxylation is 1. The minimum absolute atomic E-state index is 0.00102. The summed E-state index contributed by atoms with van der Waals surface area (Å²) in [6.07, 6.45) is -7.89. The van der Waals surface area contributed by atoms with Gasteiger partial charge >= 0.3 is 0 Å². The quantitative estimate of drug-likeness (QED) is 0.312. The summed E-state index contributed by atoms with van der Waals surface area (Å²) < 4.78 is 10.8. The van der Waals surface area contributed by atoms with Crippen molar-refractivity contribution in [3.63, 3.8) is 0 Å². The number of hydrogen-bond acceptors (Lipinski definition) is 10. The Bertz CT molecular complexity index is 1080. The van der Waals surface area contributed by atoms with Crippen LogP contribution in [0.2, 0.25) is 0 Å². The Morgan fingerprint density at radius 3 is 2.35 bits per heavy atom. The van der Waals surface area contributed by atoms with E-state index >= 15 is 0 Å². The lowest BCUT2D eigenvalue weighted by atomic mass is 9.82. The van der Waals surface area contributed by atoms with Crippen LogP contribution >= 0.6 is 0 Å². The SMILES string of the molecule is Cc1cc2c(c(O)c1O[C@H]1OC(CO)[C@H](O)C(O)[C@H]1O)C(=O)c1c(O)cccc1C2=O. The largest absolute Gasteiger partial charge is 0.507 e. The van der Waals surface area contributed by atoms with Crippen LogP contribution in [0.1, 0.15) is 37.4 Å². The van der Waals surface area contributed by atoms with Crippen LogP contribution in [-0.4, -0.2) is 79.5 Å². The van der Waals surface area contributed by atoms with Crippen molar-refractivity contribution in [1.29, 1.82) is 0 Å². The molecule has 10 nitrogen and oxygen atoms in total. The van der Waals surface area contributed by atoms with Crippen LogP contribution in [0, 0.1) is 6.92 Å². The molecule has 6 N–H and O–H groups in total. The minimum Gasteiger partial charge on any atom is -0.507 e. The van der Waals surface area contributed by atoms with Gasteiger partial charge in [0.2, 0.25) is 12.1 Å². The third kappa shape index (κ3) is 3.16. The van der Waals surface area contributed by atoms with Gasteiger partial charge in [-0.1, -0.05) is 12.1 Å². The second kappa shape index (κ2) is 7.59. The number of ether oxygens (including phenoxy) is 2. The molecular weight excluding hydrogens is 412 g/mol. The first-order chi connectivity index (χ1) is 14.7. The van der Waals surface area contributed by atoms with Crippen LogP contribution in [0.3, 0.4) is 0 Å². The molecule has 0 saturated carbocycles. The monoisotopic (exact) mass is 432 g/mol. The maximum absolute atomic E-state index is 13.0. The lowest BCUT2D eigenvalue weighted by Crippen LogP contribution is -2.60. The standard InChI is InChI=1S/C21H20O10/c1-7-5-9-13(16(26)12-8(14(9)24)3-2-4-10(12)23)17(27)20(7)31-21-19(29)18(28)15(25)11(6-22)30-21/h2-5,11,15,18-19,21-23,25,27-29H,6H2,1H3/t11?,15-,18?,19+,21+/m0/s1. The predicted molar refractivity (Wildman–Crippen MR) is 102 cm³/mol. The van der Waals surface area contributed by atoms with Gasteiger partial charge in [-0.15, -0.1) is 0 Å². The number of fused-ring (bicyclic) bond motifs is 2. The van der Waals surface area contributed by atoms with Gasteiger partial charge in [-0.05, 0) is 24.6 Å². The fourth-order valence-corrected chi connectivity index (χ4v) is 3.86. The van der Waals surface area contributed by atoms with E-state index in [1.165, 1.54) is 31.2 Å². The molecule has 164 valence electrons. The molecule has 1 aliphatic heterocycles. The topological polar surface area (TPSA) is 174 Å². The van der Waals surface area contributed by atoms with Gasteiger partial charge in [-0.25, -0.2) is 0 Å². The Labute approximate surface area is 175 Å². The first kappa shape index (κ1) is 21.2. The van der Waals surface area contributed by atoms with E-state index in [0.717, 1.165) is 0 Å². The van der Waals surface area contributed by atoms with Crippen LogP contribution < -0.4 is 4.74 Å². The van der Waals surface area contributed by atoms with E-state index in [1.807, 2.05) is 0 Å². The van der Waals surface area contributed by atoms with Crippen molar-refractivity contribution in [2.75, 3.05) is 6.61 Å². The number of ketones is 2. The molecule has 1 aliphatic carbocycles. The molecular formula is C21H20O10. The Morgan fingerprint density at radius 1 is 0.968 bits per heavy atom. The van der Waals surface area contributed by atoms with Gasteiger partial charge in [0.25, 0.3) is 0 Å². The van der Waals surface area contributed by atoms with Crippen LogP contribution in [0.25, 0.3) is 0 Å². The Kier molecular flexibility index (Phi) is 5.20. The maximum Gasteiger partial charge on any atom is 0.229 e. The van der Waals surface area contributed by atoms with Crippen molar-refractivity contribution in [2.45, 2.75) is 37.6 Å². The second-order valence-electron chi connectivity index (χ2n) is 7.47. The summed E-state index contributed by atoms with van der Waals surface area (Å²) in [6.45, 7) is 0.804. The summed E-state index contributed by atoms with van der Waals surface area (Å²) >= 11 is 0. The van der Waals surface area contributed by atoms with Crippen molar-refractivity contribution in [3.8, 4) is 17.2 Å². The van der Waals surface area contributed by atoms with Crippen molar-refractivity contribution in [3.05, 3.63) is 52.1 Å². The number of carbonyl (C=O) groups excluding carboxylic acids is 2. The van der Waals surface area contributed by atoms with E-state index in [2.05, 4.69) is 0 Å². The van der Waals surface area contributed by atoms with E-state index in [9.17, 15) is 40.2 Å². The molecule has 2 aromatic carbocycles. The second-order valence-corrected chi connectivity index (χ2v) is 7.47. The van der Waals surface area contributed by atoms with E-state index < -0.39 is 60.4 Å². The molecule has 2 unspecified atom stereocenters. The van der Waals surface area contributed by atoms with Crippen LogP contribution in [0.4, 0.5) is 0 Å². The average molecular weight is 432 g/mol. The molecule has 1 saturated heterocycles. The van der Waals surface area contributed by atoms with Crippen LogP contribution in [-0.2, 0) is 4.74 Å². The normalized spacial score (nSPS) is 27.6. The summed E-state index contributed by atoms with van der Waals surface area (Å²) in [6, 6.07) is 5.38. The summed E-state index contributed by atoms with van der Waals surface area (Å²) in [5.41, 5.74) is -0.502. The highest BCUT2D eigenvalue weighted by Gasteiger charge is 2.45. The number of aliphatic hydroxyl groups excluding tert-OH is 4. The minimum atomic E-state index is -1.74. The number of aromatic hydroxyl groups is 2. The number of hydrogen-bond donors (Lipinski definition) is 6. The zero-order chi connectivity index (χ0) is 22.6. The van der Waals surface area contributed by atoms with E-state index in [4.69, 9.17) is 9.47 Å². The van der Waals surface area contributed by atoms with E-state index in [0.29, 0.717) is 0 Å². The Hall–Kier alpha value is -3.02. The van der Waals surface area contributed by atoms with Crippen molar-refractivity contribution in [2.24, 2.45) is 0 Å². The molecule has 0 bridgehead atoms. The number of carbonyl (C=O) groups is 2. The molecule has 0 aromatic heterocycles. The maximum atomic E-state index is 13.0. The highest BCUT2D eigenvalue weighted by Crippen LogP contribution is 2.43. The molecule has 10 heteroatoms. The van der Waals surface area contributed by atoms with Crippen LogP contribution in [0.5, 0.6) is 17.2 Å². The summed E-state index contributed by atoms with van der Waals surface area (Å²) in [5.74, 6) is -2.79. The predicted octanol–water partition coefficient (Wildman–Crippen LogP) is -0.640. The lowest BCUT2D eigenvalue weighted by molar-refractivity contribution is -0.277. The Morgan fingerprint density at radius 2 is 1.68 bits per heavy atom. The smallest absolute Gasteiger partial charge is 0.229 e. The summed E-state index contributed by atoms with van der Waals surface area (Å²) in [7, 11) is 0. The first-order valence-electron chi connectivity index (χ1n) is 9.42. The zero-order valence-corrected chi connectivity index (χ0v) is 16.2. The summed E-state index contributed by atoms with van der Waals surface area (Å²) in [4.78, 5) is 25.9. The van der Waals surface area contributed by atoms with Gasteiger partial charge in [0.15, 0.2) is 17.3 Å². The van der Waals surface area contributed by atoms with Gasteiger partial charge in [-0.2, -0.15) is 0 Å². The van der Waals surface area contributed by atoms with E-state index in [-0.39, 0.29) is 33.6 Å². The molecule has 1 heterocycles. The molecule has 4 rings (SSSR count). The zero-order valence-electron chi connectivity index (χ0n) is 16.2. The van der Waals surface area contributed by atoms with Gasteiger partial charge < -0.3 is 40.1 Å². The molecule has 1 fully saturated rings. The van der Waals surface area contributed by atoms with Gasteiger partial charge in [0.1, 0.15) is 30.2 Å². The first-order valence-corrected chi connectivity index (χ1v) is 9.42. The van der Waals surface area contributed by atoms with Gasteiger partial charge in [-0.3, -0.25) is 9.59 Å². The van der Waals surface area contributed by atoms with Crippen molar-refractivity contribution >= 4 is 11.6 Å². The molecule has 0 amide bonds. The molecule has 2 aliphatic rings. The van der Waals surface area contributed by atoms with Crippen LogP contribution in [0.15, 0.2) is 24.3 Å². The molecule has 5 atom stereocenters. The number of phenols is 2. The highest BCUT2D eigenvalue weighted by atomic mass is 16.7. The lowest BCUT2D eigenvalue weighted by Gasteiger charge is -2.39. The highest BCUT2D eigenvalue weighted by molar-refractivity contribution is 6.30. The number of aliphatic hydroxyl groups is 4. The van der Waals surface area contributed by atoms with E-state index in [1.54, 1.807) is 0 Å². The third-order valence-corrected chi connectivity index (χ3v) is 5.51. The fraction of sp³-hybridized carbons (Fsp3) is 0.333. The van der Waals surface area contributed by atoms with Crippen molar-refractivity contribution < 1.29 is 49.7 Å². The third-order valence-electron chi connectivity index (χ3n) is 5.51. The average Bonchev–Trinajstić information content (AvgIpc) is 2.74.